The van der Waals surface area contributed by atoms with Crippen LogP contribution in [0.4, 0.5) is 0 Å². The highest BCUT2D eigenvalue weighted by Gasteiger charge is 2.45. The second-order valence-corrected chi connectivity index (χ2v) is 7.73. The summed E-state index contributed by atoms with van der Waals surface area (Å²) in [5.74, 6) is 7.17. The minimum absolute atomic E-state index is 0.126. The van der Waals surface area contributed by atoms with Gasteiger partial charge in [0, 0.05) is 17.0 Å². The molecule has 4 rings (SSSR count). The van der Waals surface area contributed by atoms with Crippen molar-refractivity contribution in [3.63, 3.8) is 0 Å². The number of hydrogen-bond acceptors (Lipinski definition) is 2. The van der Waals surface area contributed by atoms with Crippen molar-refractivity contribution in [3.05, 3.63) is 83.9 Å². The lowest BCUT2D eigenvalue weighted by Gasteiger charge is -2.31. The van der Waals surface area contributed by atoms with Crippen molar-refractivity contribution in [2.24, 2.45) is 17.8 Å². The van der Waals surface area contributed by atoms with Gasteiger partial charge in [0.05, 0.1) is 0 Å². The smallest absolute Gasteiger partial charge is 0.176 e. The lowest BCUT2D eigenvalue weighted by molar-refractivity contribution is 0.0421. The monoisotopic (exact) mass is 344 g/mol. The molecule has 0 aromatic heterocycles. The third kappa shape index (κ3) is 2.98. The van der Waals surface area contributed by atoms with E-state index in [1.54, 1.807) is 6.92 Å². The highest BCUT2D eigenvalue weighted by atomic mass is 16.3. The molecule has 2 nitrogen and oxygen atoms in total. The van der Waals surface area contributed by atoms with Crippen LogP contribution in [0.1, 0.15) is 30.9 Å². The van der Waals surface area contributed by atoms with Crippen LogP contribution in [0.3, 0.4) is 0 Å². The Hall–Kier alpha value is -2.34. The molecule has 0 radical (unpaired) electrons. The van der Waals surface area contributed by atoms with Gasteiger partial charge in [-0.25, -0.2) is 0 Å². The Morgan fingerprint density at radius 1 is 0.808 bits per heavy atom. The van der Waals surface area contributed by atoms with E-state index in [2.05, 4.69) is 24.0 Å². The summed E-state index contributed by atoms with van der Waals surface area (Å²) in [4.78, 5) is 0. The van der Waals surface area contributed by atoms with Crippen LogP contribution < -0.4 is 0 Å². The minimum atomic E-state index is -1.44. The van der Waals surface area contributed by atoms with E-state index in [-0.39, 0.29) is 5.92 Å². The van der Waals surface area contributed by atoms with E-state index in [0.29, 0.717) is 23.0 Å². The number of hydrogen-bond donors (Lipinski definition) is 2. The summed E-state index contributed by atoms with van der Waals surface area (Å²) in [6.45, 7) is 1.79. The first-order valence-corrected chi connectivity index (χ1v) is 9.27. The maximum Gasteiger partial charge on any atom is 0.176 e. The van der Waals surface area contributed by atoms with Crippen LogP contribution in [0.15, 0.2) is 72.8 Å². The maximum absolute atomic E-state index is 11.5. The second kappa shape index (κ2) is 6.43. The molecule has 0 aliphatic heterocycles. The zero-order valence-electron chi connectivity index (χ0n) is 15.0. The molecule has 2 aromatic rings. The minimum Gasteiger partial charge on any atom is -0.378 e. The molecular formula is C24H24O2. The maximum atomic E-state index is 11.5. The van der Waals surface area contributed by atoms with Crippen molar-refractivity contribution in [3.8, 4) is 11.8 Å². The Kier molecular flexibility index (Phi) is 4.23. The molecule has 1 saturated carbocycles. The van der Waals surface area contributed by atoms with Crippen LogP contribution in [-0.2, 0) is 5.60 Å². The first kappa shape index (κ1) is 17.1. The van der Waals surface area contributed by atoms with Crippen LogP contribution >= 0.6 is 0 Å². The van der Waals surface area contributed by atoms with Crippen LogP contribution in [-0.4, -0.2) is 15.8 Å². The number of allylic oxidation sites excluding steroid dienone is 2. The average molecular weight is 344 g/mol. The Morgan fingerprint density at radius 3 is 1.85 bits per heavy atom. The van der Waals surface area contributed by atoms with E-state index in [9.17, 15) is 10.2 Å². The highest BCUT2D eigenvalue weighted by Crippen LogP contribution is 2.48. The van der Waals surface area contributed by atoms with Gasteiger partial charge in [-0.15, -0.1) is 0 Å². The zero-order chi connectivity index (χ0) is 18.2. The molecule has 4 atom stereocenters. The zero-order valence-corrected chi connectivity index (χ0v) is 15.0. The SMILES string of the molecule is C[C@](O)(C#CC(O)(c1ccccc1)c1ccccc1)[C@H]1C[C@H]2C=C[C@H]1C2. The van der Waals surface area contributed by atoms with E-state index < -0.39 is 11.2 Å². The summed E-state index contributed by atoms with van der Waals surface area (Å²) in [5.41, 5.74) is -1.15. The van der Waals surface area contributed by atoms with Gasteiger partial charge in [0.2, 0.25) is 0 Å². The van der Waals surface area contributed by atoms with Crippen molar-refractivity contribution in [1.82, 2.24) is 0 Å². The average Bonchev–Trinajstić information content (AvgIpc) is 3.32. The summed E-state index contributed by atoms with van der Waals surface area (Å²) < 4.78 is 0. The molecule has 2 aliphatic carbocycles. The van der Waals surface area contributed by atoms with E-state index in [0.717, 1.165) is 12.8 Å². The molecule has 0 spiro atoms. The van der Waals surface area contributed by atoms with Crippen molar-refractivity contribution in [1.29, 1.82) is 0 Å². The third-order valence-corrected chi connectivity index (χ3v) is 5.88. The number of rotatable bonds is 3. The van der Waals surface area contributed by atoms with Crippen LogP contribution in [0.5, 0.6) is 0 Å². The van der Waals surface area contributed by atoms with E-state index in [4.69, 9.17) is 0 Å². The van der Waals surface area contributed by atoms with Crippen molar-refractivity contribution in [2.45, 2.75) is 31.0 Å². The first-order valence-electron chi connectivity index (χ1n) is 9.27. The fourth-order valence-corrected chi connectivity index (χ4v) is 4.41. The molecular weight excluding hydrogens is 320 g/mol. The molecule has 2 bridgehead atoms. The predicted octanol–water partition coefficient (Wildman–Crippen LogP) is 3.89. The Balaban J connectivity index is 1.73. The Morgan fingerprint density at radius 2 is 1.38 bits per heavy atom. The molecule has 2 heteroatoms. The van der Waals surface area contributed by atoms with Gasteiger partial charge < -0.3 is 10.2 Å². The molecule has 0 heterocycles. The van der Waals surface area contributed by atoms with E-state index >= 15 is 0 Å². The quantitative estimate of drug-likeness (QED) is 0.655. The van der Waals surface area contributed by atoms with Crippen LogP contribution in [0.2, 0.25) is 0 Å². The summed E-state index contributed by atoms with van der Waals surface area (Å²) in [6.07, 6.45) is 6.56. The number of fused-ring (bicyclic) bond motifs is 2. The summed E-state index contributed by atoms with van der Waals surface area (Å²) >= 11 is 0. The third-order valence-electron chi connectivity index (χ3n) is 5.88. The number of benzene rings is 2. The molecule has 1 fully saturated rings. The van der Waals surface area contributed by atoms with Gasteiger partial charge in [-0.3, -0.25) is 0 Å². The first-order chi connectivity index (χ1) is 12.5. The standard InChI is InChI=1S/C24H24O2/c1-23(25,22-17-18-12-13-19(22)16-18)14-15-24(26,20-8-4-2-5-9-20)21-10-6-3-7-11-21/h2-13,18-19,22,25-26H,16-17H2,1H3/t18-,19-,22-,23-/m0/s1. The van der Waals surface area contributed by atoms with Gasteiger partial charge in [-0.1, -0.05) is 84.7 Å². The number of aliphatic hydroxyl groups is 2. The Labute approximate surface area is 155 Å². The van der Waals surface area contributed by atoms with Crippen molar-refractivity contribution in [2.75, 3.05) is 0 Å². The molecule has 2 aliphatic rings. The Bertz CT molecular complexity index is 816. The molecule has 26 heavy (non-hydrogen) atoms. The largest absolute Gasteiger partial charge is 0.378 e. The van der Waals surface area contributed by atoms with Crippen molar-refractivity contribution >= 4 is 0 Å². The topological polar surface area (TPSA) is 40.5 Å². The van der Waals surface area contributed by atoms with Gasteiger partial charge in [0.25, 0.3) is 0 Å². The normalized spacial score (nSPS) is 26.2. The predicted molar refractivity (Wildman–Crippen MR) is 103 cm³/mol. The fourth-order valence-electron chi connectivity index (χ4n) is 4.41. The molecule has 132 valence electrons. The van der Waals surface area contributed by atoms with E-state index in [1.807, 2.05) is 60.7 Å². The van der Waals surface area contributed by atoms with Gasteiger partial charge in [-0.2, -0.15) is 0 Å². The fraction of sp³-hybridized carbons (Fsp3) is 0.333. The molecule has 2 N–H and O–H groups in total. The molecule has 0 saturated heterocycles. The second-order valence-electron chi connectivity index (χ2n) is 7.73. The molecule has 2 aromatic carbocycles. The lowest BCUT2D eigenvalue weighted by atomic mass is 9.79. The van der Waals surface area contributed by atoms with Gasteiger partial charge in [0.15, 0.2) is 5.60 Å². The molecule has 0 unspecified atom stereocenters. The van der Waals surface area contributed by atoms with Crippen LogP contribution in [0, 0.1) is 29.6 Å². The van der Waals surface area contributed by atoms with E-state index in [1.165, 1.54) is 0 Å². The van der Waals surface area contributed by atoms with Gasteiger partial charge in [0.1, 0.15) is 5.60 Å². The van der Waals surface area contributed by atoms with Gasteiger partial charge in [-0.05, 0) is 31.6 Å². The summed E-state index contributed by atoms with van der Waals surface area (Å²) in [7, 11) is 0. The highest BCUT2D eigenvalue weighted by molar-refractivity contribution is 5.45. The summed E-state index contributed by atoms with van der Waals surface area (Å²) in [5, 5.41) is 22.6. The van der Waals surface area contributed by atoms with Crippen LogP contribution in [0.25, 0.3) is 0 Å². The lowest BCUT2D eigenvalue weighted by Crippen LogP contribution is -2.36. The van der Waals surface area contributed by atoms with Crippen molar-refractivity contribution < 1.29 is 10.2 Å². The molecule has 0 amide bonds. The summed E-state index contributed by atoms with van der Waals surface area (Å²) in [6, 6.07) is 18.9. The van der Waals surface area contributed by atoms with Gasteiger partial charge >= 0.3 is 0 Å².